The monoisotopic (exact) mass is 271 g/mol. The van der Waals surface area contributed by atoms with Crippen LogP contribution in [0, 0.1) is 12.3 Å². The third-order valence-electron chi connectivity index (χ3n) is 3.90. The fraction of sp³-hybridized carbons (Fsp3) is 0.667. The summed E-state index contributed by atoms with van der Waals surface area (Å²) in [4.78, 5) is 14.1. The molecule has 0 aliphatic carbocycles. The maximum Gasteiger partial charge on any atom is 0.276 e. The second kappa shape index (κ2) is 4.90. The first-order chi connectivity index (χ1) is 8.19. The lowest BCUT2D eigenvalue weighted by Gasteiger charge is -2.22. The molecule has 1 aromatic heterocycles. The number of halogens is 1. The lowest BCUT2D eigenvalue weighted by molar-refractivity contribution is 0.0765. The first-order valence-corrected chi connectivity index (χ1v) is 6.12. The van der Waals surface area contributed by atoms with Gasteiger partial charge in [0.2, 0.25) is 0 Å². The zero-order valence-corrected chi connectivity index (χ0v) is 11.3. The molecule has 0 radical (unpaired) electrons. The smallest absolute Gasteiger partial charge is 0.276 e. The van der Waals surface area contributed by atoms with Gasteiger partial charge in [-0.2, -0.15) is 0 Å². The van der Waals surface area contributed by atoms with E-state index in [0.717, 1.165) is 32.6 Å². The van der Waals surface area contributed by atoms with Gasteiger partial charge in [-0.15, -0.1) is 12.4 Å². The Hall–Kier alpha value is -1.07. The van der Waals surface area contributed by atoms with Gasteiger partial charge < -0.3 is 14.7 Å². The van der Waals surface area contributed by atoms with Crippen LogP contribution >= 0.6 is 12.4 Å². The maximum absolute atomic E-state index is 12.2. The van der Waals surface area contributed by atoms with Crippen LogP contribution in [0.3, 0.4) is 0 Å². The zero-order valence-electron chi connectivity index (χ0n) is 10.4. The number of amides is 1. The average Bonchev–Trinajstić information content (AvgIpc) is 3.02. The minimum atomic E-state index is 0. The van der Waals surface area contributed by atoms with E-state index in [4.69, 9.17) is 4.52 Å². The first kappa shape index (κ1) is 13.4. The highest BCUT2D eigenvalue weighted by atomic mass is 35.5. The topological polar surface area (TPSA) is 58.4 Å². The highest BCUT2D eigenvalue weighted by Gasteiger charge is 2.42. The van der Waals surface area contributed by atoms with Gasteiger partial charge in [-0.3, -0.25) is 4.79 Å². The molecule has 0 saturated carbocycles. The standard InChI is InChI=1S/C12H17N3O2.ClH/c1-9-6-10(14-17-9)11(16)15-5-3-12(8-15)2-4-13-7-12;/h6,13H,2-5,7-8H2,1H3;1H. The van der Waals surface area contributed by atoms with Crippen LogP contribution in [-0.4, -0.2) is 42.1 Å². The van der Waals surface area contributed by atoms with Crippen LogP contribution in [-0.2, 0) is 0 Å². The van der Waals surface area contributed by atoms with E-state index in [0.29, 0.717) is 16.9 Å². The van der Waals surface area contributed by atoms with Crippen molar-refractivity contribution in [2.75, 3.05) is 26.2 Å². The Morgan fingerprint density at radius 2 is 2.39 bits per heavy atom. The Morgan fingerprint density at radius 1 is 1.56 bits per heavy atom. The van der Waals surface area contributed by atoms with Crippen LogP contribution in [0.15, 0.2) is 10.6 Å². The first-order valence-electron chi connectivity index (χ1n) is 6.12. The number of aromatic nitrogens is 1. The number of carbonyl (C=O) groups is 1. The predicted octanol–water partition coefficient (Wildman–Crippen LogP) is 1.23. The summed E-state index contributed by atoms with van der Waals surface area (Å²) in [5, 5.41) is 7.18. The van der Waals surface area contributed by atoms with Crippen molar-refractivity contribution in [1.82, 2.24) is 15.4 Å². The van der Waals surface area contributed by atoms with Gasteiger partial charge in [-0.1, -0.05) is 5.16 Å². The van der Waals surface area contributed by atoms with E-state index in [-0.39, 0.29) is 18.3 Å². The molecule has 1 spiro atoms. The van der Waals surface area contributed by atoms with Crippen molar-refractivity contribution in [1.29, 1.82) is 0 Å². The van der Waals surface area contributed by atoms with Gasteiger partial charge >= 0.3 is 0 Å². The highest BCUT2D eigenvalue weighted by Crippen LogP contribution is 2.36. The molecule has 1 N–H and O–H groups in total. The molecule has 2 aliphatic rings. The van der Waals surface area contributed by atoms with Crippen LogP contribution < -0.4 is 5.32 Å². The number of hydrogen-bond donors (Lipinski definition) is 1. The predicted molar refractivity (Wildman–Crippen MR) is 68.9 cm³/mol. The summed E-state index contributed by atoms with van der Waals surface area (Å²) in [5.74, 6) is 0.690. The van der Waals surface area contributed by atoms with E-state index >= 15 is 0 Å². The van der Waals surface area contributed by atoms with Gasteiger partial charge in [-0.25, -0.2) is 0 Å². The third kappa shape index (κ3) is 2.24. The molecular formula is C12H18ClN3O2. The minimum Gasteiger partial charge on any atom is -0.361 e. The van der Waals surface area contributed by atoms with Gasteiger partial charge in [0.25, 0.3) is 5.91 Å². The normalized spacial score (nSPS) is 26.6. The molecule has 3 heterocycles. The van der Waals surface area contributed by atoms with E-state index in [9.17, 15) is 4.79 Å². The quantitative estimate of drug-likeness (QED) is 0.835. The van der Waals surface area contributed by atoms with Crippen molar-refractivity contribution in [3.05, 3.63) is 17.5 Å². The molecular weight excluding hydrogens is 254 g/mol. The highest BCUT2D eigenvalue weighted by molar-refractivity contribution is 5.92. The van der Waals surface area contributed by atoms with Gasteiger partial charge in [0.15, 0.2) is 5.69 Å². The molecule has 2 aliphatic heterocycles. The molecule has 1 aromatic rings. The number of aryl methyl sites for hydroxylation is 1. The van der Waals surface area contributed by atoms with Crippen LogP contribution in [0.4, 0.5) is 0 Å². The Labute approximate surface area is 112 Å². The Bertz CT molecular complexity index is 440. The summed E-state index contributed by atoms with van der Waals surface area (Å²) in [6.45, 7) is 5.60. The third-order valence-corrected chi connectivity index (χ3v) is 3.90. The number of nitrogens with zero attached hydrogens (tertiary/aromatic N) is 2. The van der Waals surface area contributed by atoms with Gasteiger partial charge in [0.1, 0.15) is 5.76 Å². The number of rotatable bonds is 1. The Kier molecular flexibility index (Phi) is 3.64. The van der Waals surface area contributed by atoms with Crippen molar-refractivity contribution in [2.45, 2.75) is 19.8 Å². The van der Waals surface area contributed by atoms with Crippen LogP contribution in [0.5, 0.6) is 0 Å². The number of carbonyl (C=O) groups excluding carboxylic acids is 1. The fourth-order valence-electron chi connectivity index (χ4n) is 2.88. The molecule has 1 atom stereocenters. The van der Waals surface area contributed by atoms with Crippen LogP contribution in [0.2, 0.25) is 0 Å². The molecule has 100 valence electrons. The molecule has 2 saturated heterocycles. The minimum absolute atomic E-state index is 0. The molecule has 1 amide bonds. The maximum atomic E-state index is 12.2. The largest absolute Gasteiger partial charge is 0.361 e. The number of likely N-dealkylation sites (tertiary alicyclic amines) is 1. The van der Waals surface area contributed by atoms with E-state index in [2.05, 4.69) is 10.5 Å². The summed E-state index contributed by atoms with van der Waals surface area (Å²) >= 11 is 0. The van der Waals surface area contributed by atoms with Crippen LogP contribution in [0.25, 0.3) is 0 Å². The molecule has 6 heteroatoms. The molecule has 5 nitrogen and oxygen atoms in total. The van der Waals surface area contributed by atoms with E-state index < -0.39 is 0 Å². The lowest BCUT2D eigenvalue weighted by atomic mass is 9.87. The second-order valence-electron chi connectivity index (χ2n) is 5.23. The lowest BCUT2D eigenvalue weighted by Crippen LogP contribution is -2.33. The van der Waals surface area contributed by atoms with Crippen LogP contribution in [0.1, 0.15) is 29.1 Å². The molecule has 18 heavy (non-hydrogen) atoms. The second-order valence-corrected chi connectivity index (χ2v) is 5.23. The van der Waals surface area contributed by atoms with E-state index in [1.807, 2.05) is 4.90 Å². The van der Waals surface area contributed by atoms with Crippen molar-refractivity contribution >= 4 is 18.3 Å². The van der Waals surface area contributed by atoms with E-state index in [1.54, 1.807) is 13.0 Å². The summed E-state index contributed by atoms with van der Waals surface area (Å²) in [6, 6.07) is 1.71. The van der Waals surface area contributed by atoms with Crippen molar-refractivity contribution < 1.29 is 9.32 Å². The summed E-state index contributed by atoms with van der Waals surface area (Å²) < 4.78 is 4.95. The Balaban J connectivity index is 0.00000120. The SMILES string of the molecule is Cc1cc(C(=O)N2CCC3(CCNC3)C2)no1.Cl. The summed E-state index contributed by atoms with van der Waals surface area (Å²) in [6.07, 6.45) is 2.27. The zero-order chi connectivity index (χ0) is 11.9. The fourth-order valence-corrected chi connectivity index (χ4v) is 2.88. The average molecular weight is 272 g/mol. The molecule has 1 unspecified atom stereocenters. The molecule has 0 bridgehead atoms. The van der Waals surface area contributed by atoms with Crippen molar-refractivity contribution in [2.24, 2.45) is 5.41 Å². The van der Waals surface area contributed by atoms with Gasteiger partial charge in [-0.05, 0) is 26.3 Å². The molecule has 2 fully saturated rings. The van der Waals surface area contributed by atoms with Crippen molar-refractivity contribution in [3.8, 4) is 0 Å². The van der Waals surface area contributed by atoms with Gasteiger partial charge in [0, 0.05) is 31.1 Å². The van der Waals surface area contributed by atoms with Gasteiger partial charge in [0.05, 0.1) is 0 Å². The van der Waals surface area contributed by atoms with E-state index in [1.165, 1.54) is 6.42 Å². The van der Waals surface area contributed by atoms with Crippen molar-refractivity contribution in [3.63, 3.8) is 0 Å². The summed E-state index contributed by atoms with van der Waals surface area (Å²) in [5.41, 5.74) is 0.750. The molecule has 3 rings (SSSR count). The summed E-state index contributed by atoms with van der Waals surface area (Å²) in [7, 11) is 0. The number of hydrogen-bond acceptors (Lipinski definition) is 4. The molecule has 0 aromatic carbocycles. The number of nitrogens with one attached hydrogen (secondary N) is 1. The Morgan fingerprint density at radius 3 is 3.00 bits per heavy atom.